The standard InChI is InChI=1S/C14H29N3O/c1-11(2)10-16-14(18)12(3)17-8-6-4-5-7-13(17)9-15/h11-13H,4-10,15H2,1-3H3,(H,16,18). The zero-order chi connectivity index (χ0) is 13.5. The van der Waals surface area contributed by atoms with Crippen LogP contribution in [-0.4, -0.2) is 42.5 Å². The number of rotatable bonds is 5. The van der Waals surface area contributed by atoms with E-state index in [0.29, 0.717) is 18.5 Å². The maximum absolute atomic E-state index is 12.1. The van der Waals surface area contributed by atoms with Crippen molar-refractivity contribution in [2.75, 3.05) is 19.6 Å². The van der Waals surface area contributed by atoms with E-state index in [1.165, 1.54) is 19.3 Å². The van der Waals surface area contributed by atoms with Crippen molar-refractivity contribution < 1.29 is 4.79 Å². The van der Waals surface area contributed by atoms with Crippen molar-refractivity contribution in [1.29, 1.82) is 0 Å². The van der Waals surface area contributed by atoms with Gasteiger partial charge in [-0.25, -0.2) is 0 Å². The van der Waals surface area contributed by atoms with Gasteiger partial charge in [-0.15, -0.1) is 0 Å². The fraction of sp³-hybridized carbons (Fsp3) is 0.929. The summed E-state index contributed by atoms with van der Waals surface area (Å²) in [5.74, 6) is 0.639. The van der Waals surface area contributed by atoms with Crippen LogP contribution in [0.25, 0.3) is 0 Å². The molecule has 1 aliphatic rings. The molecular formula is C14H29N3O. The van der Waals surface area contributed by atoms with Crippen LogP contribution in [0.1, 0.15) is 46.5 Å². The highest BCUT2D eigenvalue weighted by molar-refractivity contribution is 5.81. The molecule has 1 amide bonds. The van der Waals surface area contributed by atoms with Crippen LogP contribution in [0.4, 0.5) is 0 Å². The minimum atomic E-state index is -0.0598. The summed E-state index contributed by atoms with van der Waals surface area (Å²) in [5, 5.41) is 3.02. The number of hydrogen-bond acceptors (Lipinski definition) is 3. The summed E-state index contributed by atoms with van der Waals surface area (Å²) in [7, 11) is 0. The van der Waals surface area contributed by atoms with E-state index in [4.69, 9.17) is 5.73 Å². The largest absolute Gasteiger partial charge is 0.354 e. The molecule has 0 bridgehead atoms. The summed E-state index contributed by atoms with van der Waals surface area (Å²) in [5.41, 5.74) is 5.85. The van der Waals surface area contributed by atoms with E-state index in [2.05, 4.69) is 24.1 Å². The zero-order valence-electron chi connectivity index (χ0n) is 12.1. The molecule has 0 radical (unpaired) electrons. The normalized spacial score (nSPS) is 23.7. The summed E-state index contributed by atoms with van der Waals surface area (Å²) in [4.78, 5) is 14.4. The van der Waals surface area contributed by atoms with Crippen molar-refractivity contribution in [2.45, 2.75) is 58.5 Å². The van der Waals surface area contributed by atoms with Crippen molar-refractivity contribution in [3.8, 4) is 0 Å². The van der Waals surface area contributed by atoms with Gasteiger partial charge in [-0.1, -0.05) is 26.7 Å². The lowest BCUT2D eigenvalue weighted by Gasteiger charge is -2.33. The molecule has 4 nitrogen and oxygen atoms in total. The van der Waals surface area contributed by atoms with Crippen molar-refractivity contribution in [3.63, 3.8) is 0 Å². The highest BCUT2D eigenvalue weighted by atomic mass is 16.2. The molecule has 106 valence electrons. The second-order valence-electron chi connectivity index (χ2n) is 5.79. The number of nitrogens with one attached hydrogen (secondary N) is 1. The molecule has 2 unspecified atom stereocenters. The van der Waals surface area contributed by atoms with Crippen LogP contribution in [0.2, 0.25) is 0 Å². The Bertz CT molecular complexity index is 255. The maximum Gasteiger partial charge on any atom is 0.237 e. The minimum Gasteiger partial charge on any atom is -0.354 e. The maximum atomic E-state index is 12.1. The van der Waals surface area contributed by atoms with E-state index in [1.807, 2.05) is 6.92 Å². The lowest BCUT2D eigenvalue weighted by Crippen LogP contribution is -2.52. The predicted octanol–water partition coefficient (Wildman–Crippen LogP) is 1.35. The fourth-order valence-electron chi connectivity index (χ4n) is 2.57. The van der Waals surface area contributed by atoms with E-state index >= 15 is 0 Å². The summed E-state index contributed by atoms with van der Waals surface area (Å²) >= 11 is 0. The first-order valence-corrected chi connectivity index (χ1v) is 7.29. The number of nitrogens with two attached hydrogens (primary N) is 1. The van der Waals surface area contributed by atoms with E-state index in [9.17, 15) is 4.79 Å². The van der Waals surface area contributed by atoms with Crippen LogP contribution in [-0.2, 0) is 4.79 Å². The van der Waals surface area contributed by atoms with Gasteiger partial charge < -0.3 is 11.1 Å². The lowest BCUT2D eigenvalue weighted by molar-refractivity contribution is -0.126. The van der Waals surface area contributed by atoms with Gasteiger partial charge >= 0.3 is 0 Å². The Kier molecular flexibility index (Phi) is 6.65. The Morgan fingerprint density at radius 1 is 1.33 bits per heavy atom. The Morgan fingerprint density at radius 2 is 2.06 bits per heavy atom. The van der Waals surface area contributed by atoms with Crippen molar-refractivity contribution in [3.05, 3.63) is 0 Å². The average Bonchev–Trinajstić information content (AvgIpc) is 2.59. The molecule has 1 fully saturated rings. The monoisotopic (exact) mass is 255 g/mol. The highest BCUT2D eigenvalue weighted by Gasteiger charge is 2.28. The third-order valence-corrected chi connectivity index (χ3v) is 3.76. The number of carbonyl (C=O) groups excluding carboxylic acids is 1. The first-order valence-electron chi connectivity index (χ1n) is 7.29. The van der Waals surface area contributed by atoms with Crippen LogP contribution >= 0.6 is 0 Å². The lowest BCUT2D eigenvalue weighted by atomic mass is 10.1. The summed E-state index contributed by atoms with van der Waals surface area (Å²) in [6.45, 7) is 8.63. The van der Waals surface area contributed by atoms with Gasteiger partial charge in [0.2, 0.25) is 5.91 Å². The molecule has 0 spiro atoms. The minimum absolute atomic E-state index is 0.0598. The molecule has 1 rings (SSSR count). The molecule has 2 atom stereocenters. The Labute approximate surface area is 111 Å². The van der Waals surface area contributed by atoms with Gasteiger partial charge in [0.15, 0.2) is 0 Å². The van der Waals surface area contributed by atoms with Crippen molar-refractivity contribution in [1.82, 2.24) is 10.2 Å². The molecule has 0 aromatic rings. The van der Waals surface area contributed by atoms with E-state index in [1.54, 1.807) is 0 Å². The van der Waals surface area contributed by atoms with Gasteiger partial charge in [0.25, 0.3) is 0 Å². The van der Waals surface area contributed by atoms with Crippen LogP contribution in [0, 0.1) is 5.92 Å². The summed E-state index contributed by atoms with van der Waals surface area (Å²) in [6.07, 6.45) is 4.79. The third-order valence-electron chi connectivity index (χ3n) is 3.76. The molecule has 0 aliphatic carbocycles. The van der Waals surface area contributed by atoms with Crippen LogP contribution in [0.15, 0.2) is 0 Å². The quantitative estimate of drug-likeness (QED) is 0.779. The summed E-state index contributed by atoms with van der Waals surface area (Å²) in [6, 6.07) is 0.308. The second-order valence-corrected chi connectivity index (χ2v) is 5.79. The van der Waals surface area contributed by atoms with Crippen LogP contribution in [0.5, 0.6) is 0 Å². The van der Waals surface area contributed by atoms with Gasteiger partial charge in [-0.2, -0.15) is 0 Å². The number of amides is 1. The molecule has 0 aromatic heterocycles. The SMILES string of the molecule is CC(C)CNC(=O)C(C)N1CCCCCC1CN. The molecule has 4 heteroatoms. The topological polar surface area (TPSA) is 58.4 Å². The van der Waals surface area contributed by atoms with Crippen molar-refractivity contribution >= 4 is 5.91 Å². The average molecular weight is 255 g/mol. The molecule has 3 N–H and O–H groups in total. The number of likely N-dealkylation sites (tertiary alicyclic amines) is 1. The van der Waals surface area contributed by atoms with Gasteiger partial charge in [0, 0.05) is 19.1 Å². The van der Waals surface area contributed by atoms with E-state index in [-0.39, 0.29) is 11.9 Å². The molecule has 0 saturated carbocycles. The molecule has 1 saturated heterocycles. The predicted molar refractivity (Wildman–Crippen MR) is 75.3 cm³/mol. The molecule has 18 heavy (non-hydrogen) atoms. The van der Waals surface area contributed by atoms with Gasteiger partial charge in [0.1, 0.15) is 0 Å². The summed E-state index contributed by atoms with van der Waals surface area (Å²) < 4.78 is 0. The van der Waals surface area contributed by atoms with Crippen LogP contribution < -0.4 is 11.1 Å². The highest BCUT2D eigenvalue weighted by Crippen LogP contribution is 2.18. The number of nitrogens with zero attached hydrogens (tertiary/aromatic N) is 1. The van der Waals surface area contributed by atoms with E-state index in [0.717, 1.165) is 19.5 Å². The smallest absolute Gasteiger partial charge is 0.237 e. The van der Waals surface area contributed by atoms with E-state index < -0.39 is 0 Å². The Hall–Kier alpha value is -0.610. The fourth-order valence-corrected chi connectivity index (χ4v) is 2.57. The van der Waals surface area contributed by atoms with Gasteiger partial charge in [-0.05, 0) is 32.2 Å². The number of carbonyl (C=O) groups is 1. The number of hydrogen-bond donors (Lipinski definition) is 2. The van der Waals surface area contributed by atoms with Crippen LogP contribution in [0.3, 0.4) is 0 Å². The Morgan fingerprint density at radius 3 is 2.67 bits per heavy atom. The zero-order valence-corrected chi connectivity index (χ0v) is 12.1. The molecular weight excluding hydrogens is 226 g/mol. The first-order chi connectivity index (χ1) is 8.56. The molecule has 1 heterocycles. The Balaban J connectivity index is 2.55. The molecule has 1 aliphatic heterocycles. The van der Waals surface area contributed by atoms with Gasteiger partial charge in [-0.3, -0.25) is 9.69 Å². The second kappa shape index (κ2) is 7.74. The molecule has 0 aromatic carbocycles. The first kappa shape index (κ1) is 15.4. The van der Waals surface area contributed by atoms with Crippen molar-refractivity contribution in [2.24, 2.45) is 11.7 Å². The third kappa shape index (κ3) is 4.58. The van der Waals surface area contributed by atoms with Gasteiger partial charge in [0.05, 0.1) is 6.04 Å².